The van der Waals surface area contributed by atoms with E-state index in [0.717, 1.165) is 16.6 Å². The van der Waals surface area contributed by atoms with E-state index in [-0.39, 0.29) is 17.0 Å². The molecule has 0 aliphatic heterocycles. The summed E-state index contributed by atoms with van der Waals surface area (Å²) in [5.41, 5.74) is -0.366. The minimum Gasteiger partial charge on any atom is -0.366 e. The second-order valence-electron chi connectivity index (χ2n) is 4.23. The highest BCUT2D eigenvalue weighted by atomic mass is 32.2. The Kier molecular flexibility index (Phi) is 4.01. The Morgan fingerprint density at radius 1 is 1.25 bits per heavy atom. The van der Waals surface area contributed by atoms with Gasteiger partial charge in [0.2, 0.25) is 15.5 Å². The van der Waals surface area contributed by atoms with Gasteiger partial charge in [0.15, 0.2) is 0 Å². The first-order chi connectivity index (χ1) is 9.43. The van der Waals surface area contributed by atoms with Gasteiger partial charge in [0, 0.05) is 37.6 Å². The van der Waals surface area contributed by atoms with Gasteiger partial charge in [0.1, 0.15) is 10.7 Å². The number of nitrogens with one attached hydrogen (secondary N) is 1. The third kappa shape index (κ3) is 2.78. The summed E-state index contributed by atoms with van der Waals surface area (Å²) in [5, 5.41) is 0. The van der Waals surface area contributed by atoms with Crippen LogP contribution in [0.5, 0.6) is 0 Å². The van der Waals surface area contributed by atoms with Gasteiger partial charge in [-0.05, 0) is 6.07 Å². The van der Waals surface area contributed by atoms with Crippen molar-refractivity contribution in [3.05, 3.63) is 64.3 Å². The van der Waals surface area contributed by atoms with E-state index in [9.17, 15) is 17.6 Å². The lowest BCUT2D eigenvalue weighted by Crippen LogP contribution is -2.30. The second kappa shape index (κ2) is 5.56. The Morgan fingerprint density at radius 3 is 2.60 bits per heavy atom. The molecule has 1 N–H and O–H groups in total. The summed E-state index contributed by atoms with van der Waals surface area (Å²) < 4.78 is 39.0. The third-order valence-corrected chi connectivity index (χ3v) is 4.65. The van der Waals surface area contributed by atoms with Gasteiger partial charge in [-0.3, -0.25) is 4.79 Å². The van der Waals surface area contributed by atoms with Gasteiger partial charge in [0.25, 0.3) is 0 Å². The van der Waals surface area contributed by atoms with Gasteiger partial charge in [-0.2, -0.15) is 4.31 Å². The van der Waals surface area contributed by atoms with Crippen LogP contribution in [0.15, 0.2) is 52.4 Å². The number of pyridine rings is 1. The van der Waals surface area contributed by atoms with Crippen LogP contribution in [0.1, 0.15) is 5.56 Å². The molecule has 0 unspecified atom stereocenters. The Hall–Kier alpha value is -1.99. The first-order valence-electron chi connectivity index (χ1n) is 5.80. The van der Waals surface area contributed by atoms with Gasteiger partial charge < -0.3 is 4.98 Å². The minimum atomic E-state index is -3.96. The molecule has 1 aromatic carbocycles. The SMILES string of the molecule is CN(Cc1ccccc1F)S(=O)(=O)c1c[nH]ccc1=O. The average Bonchev–Trinajstić information content (AvgIpc) is 2.41. The van der Waals surface area contributed by atoms with Crippen LogP contribution in [-0.2, 0) is 16.6 Å². The lowest BCUT2D eigenvalue weighted by molar-refractivity contribution is 0.455. The van der Waals surface area contributed by atoms with E-state index in [1.807, 2.05) is 0 Å². The van der Waals surface area contributed by atoms with Gasteiger partial charge in [-0.25, -0.2) is 12.8 Å². The van der Waals surface area contributed by atoms with Crippen LogP contribution in [0.25, 0.3) is 0 Å². The molecule has 0 bridgehead atoms. The van der Waals surface area contributed by atoms with Crippen molar-refractivity contribution in [1.82, 2.24) is 9.29 Å². The number of nitrogens with zero attached hydrogens (tertiary/aromatic N) is 1. The lowest BCUT2D eigenvalue weighted by atomic mass is 10.2. The number of halogens is 1. The summed E-state index contributed by atoms with van der Waals surface area (Å²) in [7, 11) is -2.66. The molecule has 0 fully saturated rings. The van der Waals surface area contributed by atoms with Crippen molar-refractivity contribution in [3.8, 4) is 0 Å². The van der Waals surface area contributed by atoms with Crippen LogP contribution in [-0.4, -0.2) is 24.8 Å². The van der Waals surface area contributed by atoms with Crippen molar-refractivity contribution in [2.24, 2.45) is 0 Å². The number of hydrogen-bond donors (Lipinski definition) is 1. The molecule has 2 rings (SSSR count). The quantitative estimate of drug-likeness (QED) is 0.925. The fourth-order valence-electron chi connectivity index (χ4n) is 1.72. The summed E-state index contributed by atoms with van der Waals surface area (Å²) in [6.45, 7) is -0.149. The number of rotatable bonds is 4. The Morgan fingerprint density at radius 2 is 1.95 bits per heavy atom. The van der Waals surface area contributed by atoms with Crippen LogP contribution in [0.2, 0.25) is 0 Å². The van der Waals surface area contributed by atoms with Crippen molar-refractivity contribution in [3.63, 3.8) is 0 Å². The molecule has 0 atom stereocenters. The van der Waals surface area contributed by atoms with Crippen LogP contribution < -0.4 is 5.43 Å². The number of aromatic amines is 1. The maximum atomic E-state index is 13.5. The number of sulfonamides is 1. The molecule has 1 aromatic heterocycles. The molecule has 7 heteroatoms. The molecule has 0 spiro atoms. The standard InChI is InChI=1S/C13H13FN2O3S/c1-16(9-10-4-2-3-5-11(10)14)20(18,19)13-8-15-7-6-12(13)17/h2-8H,9H2,1H3,(H,15,17). The zero-order valence-corrected chi connectivity index (χ0v) is 11.5. The van der Waals surface area contributed by atoms with Gasteiger partial charge >= 0.3 is 0 Å². The van der Waals surface area contributed by atoms with Gasteiger partial charge in [-0.15, -0.1) is 0 Å². The molecule has 2 aromatic rings. The second-order valence-corrected chi connectivity index (χ2v) is 6.24. The average molecular weight is 296 g/mol. The summed E-state index contributed by atoms with van der Waals surface area (Å²) in [5.74, 6) is -0.489. The molecular formula is C13H13FN2O3S. The van der Waals surface area contributed by atoms with Crippen molar-refractivity contribution in [2.75, 3.05) is 7.05 Å². The molecule has 106 valence electrons. The molecule has 1 heterocycles. The van der Waals surface area contributed by atoms with Crippen LogP contribution in [0.4, 0.5) is 4.39 Å². The zero-order chi connectivity index (χ0) is 14.8. The molecule has 0 saturated heterocycles. The maximum Gasteiger partial charge on any atom is 0.248 e. The highest BCUT2D eigenvalue weighted by molar-refractivity contribution is 7.89. The number of aromatic nitrogens is 1. The first-order valence-corrected chi connectivity index (χ1v) is 7.24. The minimum absolute atomic E-state index is 0.149. The molecular weight excluding hydrogens is 283 g/mol. The maximum absolute atomic E-state index is 13.5. The normalized spacial score (nSPS) is 11.8. The molecule has 0 radical (unpaired) electrons. The Balaban J connectivity index is 2.34. The monoisotopic (exact) mass is 296 g/mol. The fourth-order valence-corrected chi connectivity index (χ4v) is 2.91. The van der Waals surface area contributed by atoms with Crippen molar-refractivity contribution >= 4 is 10.0 Å². The van der Waals surface area contributed by atoms with Crippen LogP contribution >= 0.6 is 0 Å². The van der Waals surface area contributed by atoms with E-state index >= 15 is 0 Å². The van der Waals surface area contributed by atoms with Gasteiger partial charge in [-0.1, -0.05) is 18.2 Å². The summed E-state index contributed by atoms with van der Waals surface area (Å²) >= 11 is 0. The van der Waals surface area contributed by atoms with Crippen LogP contribution in [0, 0.1) is 5.82 Å². The number of hydrogen-bond acceptors (Lipinski definition) is 3. The number of benzene rings is 1. The largest absolute Gasteiger partial charge is 0.366 e. The van der Waals surface area contributed by atoms with E-state index in [2.05, 4.69) is 4.98 Å². The zero-order valence-electron chi connectivity index (χ0n) is 10.7. The van der Waals surface area contributed by atoms with E-state index < -0.39 is 21.3 Å². The summed E-state index contributed by atoms with van der Waals surface area (Å²) in [6, 6.07) is 7.02. The third-order valence-electron chi connectivity index (χ3n) is 2.83. The summed E-state index contributed by atoms with van der Waals surface area (Å²) in [6.07, 6.45) is 2.47. The molecule has 5 nitrogen and oxygen atoms in total. The molecule has 0 aliphatic carbocycles. The fraction of sp³-hybridized carbons (Fsp3) is 0.154. The molecule has 0 amide bonds. The Labute approximate surface area is 115 Å². The lowest BCUT2D eigenvalue weighted by Gasteiger charge is -2.17. The van der Waals surface area contributed by atoms with E-state index in [1.165, 1.54) is 31.4 Å². The van der Waals surface area contributed by atoms with Gasteiger partial charge in [0.05, 0.1) is 0 Å². The molecule has 20 heavy (non-hydrogen) atoms. The predicted molar refractivity (Wildman–Crippen MR) is 72.1 cm³/mol. The van der Waals surface area contributed by atoms with Crippen molar-refractivity contribution in [2.45, 2.75) is 11.4 Å². The number of H-pyrrole nitrogens is 1. The molecule has 0 aliphatic rings. The predicted octanol–water partition coefficient (Wildman–Crippen LogP) is 1.33. The van der Waals surface area contributed by atoms with Crippen molar-refractivity contribution in [1.29, 1.82) is 0 Å². The highest BCUT2D eigenvalue weighted by Gasteiger charge is 2.24. The van der Waals surface area contributed by atoms with Crippen molar-refractivity contribution < 1.29 is 12.8 Å². The van der Waals surface area contributed by atoms with Crippen LogP contribution in [0.3, 0.4) is 0 Å². The summed E-state index contributed by atoms with van der Waals surface area (Å²) in [4.78, 5) is 13.8. The van der Waals surface area contributed by atoms with E-state index in [1.54, 1.807) is 6.07 Å². The molecule has 0 saturated carbocycles. The Bertz CT molecular complexity index is 771. The smallest absolute Gasteiger partial charge is 0.248 e. The highest BCUT2D eigenvalue weighted by Crippen LogP contribution is 2.15. The van der Waals surface area contributed by atoms with E-state index in [4.69, 9.17) is 0 Å². The van der Waals surface area contributed by atoms with E-state index in [0.29, 0.717) is 0 Å². The first kappa shape index (κ1) is 14.4. The topological polar surface area (TPSA) is 70.2 Å².